The average molecular weight is 255 g/mol. The third-order valence-electron chi connectivity index (χ3n) is 2.72. The molecule has 0 heterocycles. The normalized spacial score (nSPS) is 15.6. The fraction of sp³-hybridized carbons (Fsp3) is 0.455. The van der Waals surface area contributed by atoms with Crippen LogP contribution in [-0.2, 0) is 5.33 Å². The highest BCUT2D eigenvalue weighted by molar-refractivity contribution is 9.08. The SMILES string of the molecule is CN(N)c1cccc(C2CC2)c1CBr. The van der Waals surface area contributed by atoms with Gasteiger partial charge in [0.25, 0.3) is 0 Å². The fourth-order valence-electron chi connectivity index (χ4n) is 1.84. The van der Waals surface area contributed by atoms with Crippen LogP contribution in [0, 0.1) is 0 Å². The third-order valence-corrected chi connectivity index (χ3v) is 3.28. The summed E-state index contributed by atoms with van der Waals surface area (Å²) in [5, 5.41) is 2.58. The maximum absolute atomic E-state index is 5.79. The van der Waals surface area contributed by atoms with E-state index < -0.39 is 0 Å². The quantitative estimate of drug-likeness (QED) is 0.511. The van der Waals surface area contributed by atoms with E-state index in [1.54, 1.807) is 5.01 Å². The number of hydrogen-bond donors (Lipinski definition) is 1. The molecule has 1 aliphatic carbocycles. The van der Waals surface area contributed by atoms with Crippen LogP contribution in [0.15, 0.2) is 18.2 Å². The largest absolute Gasteiger partial charge is 0.314 e. The van der Waals surface area contributed by atoms with Crippen LogP contribution in [0.2, 0.25) is 0 Å². The summed E-state index contributed by atoms with van der Waals surface area (Å²) in [6, 6.07) is 6.39. The van der Waals surface area contributed by atoms with Crippen molar-refractivity contribution in [3.05, 3.63) is 29.3 Å². The molecule has 0 atom stereocenters. The van der Waals surface area contributed by atoms with Gasteiger partial charge in [0.1, 0.15) is 0 Å². The van der Waals surface area contributed by atoms with Gasteiger partial charge in [-0.25, -0.2) is 5.84 Å². The average Bonchev–Trinajstić information content (AvgIpc) is 2.99. The second-order valence-electron chi connectivity index (χ2n) is 3.86. The standard InChI is InChI=1S/C11H15BrN2/c1-14(13)11-4-2-3-9(8-5-6-8)10(11)7-12/h2-4,8H,5-7,13H2,1H3. The first-order chi connectivity index (χ1) is 6.74. The fourth-order valence-corrected chi connectivity index (χ4v) is 2.46. The van der Waals surface area contributed by atoms with Crippen molar-refractivity contribution in [1.82, 2.24) is 0 Å². The van der Waals surface area contributed by atoms with Crippen LogP contribution < -0.4 is 10.9 Å². The summed E-state index contributed by atoms with van der Waals surface area (Å²) < 4.78 is 0. The summed E-state index contributed by atoms with van der Waals surface area (Å²) in [5.41, 5.74) is 3.95. The van der Waals surface area contributed by atoms with Crippen molar-refractivity contribution < 1.29 is 0 Å². The predicted molar refractivity (Wildman–Crippen MR) is 63.6 cm³/mol. The van der Waals surface area contributed by atoms with E-state index in [9.17, 15) is 0 Å². The molecule has 76 valence electrons. The first-order valence-electron chi connectivity index (χ1n) is 4.90. The molecule has 1 saturated carbocycles. The Balaban J connectivity index is 2.44. The molecule has 0 bridgehead atoms. The number of nitrogens with zero attached hydrogens (tertiary/aromatic N) is 1. The van der Waals surface area contributed by atoms with Crippen molar-refractivity contribution in [2.24, 2.45) is 5.84 Å². The van der Waals surface area contributed by atoms with Gasteiger partial charge in [-0.15, -0.1) is 0 Å². The molecule has 2 N–H and O–H groups in total. The number of rotatable bonds is 3. The maximum Gasteiger partial charge on any atom is 0.0557 e. The van der Waals surface area contributed by atoms with Gasteiger partial charge < -0.3 is 5.01 Å². The van der Waals surface area contributed by atoms with E-state index in [0.717, 1.165) is 16.9 Å². The van der Waals surface area contributed by atoms with Gasteiger partial charge in [0, 0.05) is 12.4 Å². The Bertz CT molecular complexity index is 312. The van der Waals surface area contributed by atoms with Crippen LogP contribution in [0.3, 0.4) is 0 Å². The predicted octanol–water partition coefficient (Wildman–Crippen LogP) is 2.77. The van der Waals surface area contributed by atoms with Crippen LogP contribution in [0.1, 0.15) is 29.9 Å². The lowest BCUT2D eigenvalue weighted by Gasteiger charge is -2.18. The van der Waals surface area contributed by atoms with Gasteiger partial charge in [0.15, 0.2) is 0 Å². The molecule has 0 saturated heterocycles. The summed E-state index contributed by atoms with van der Waals surface area (Å²) >= 11 is 3.54. The Morgan fingerprint density at radius 2 is 2.21 bits per heavy atom. The minimum absolute atomic E-state index is 0.780. The van der Waals surface area contributed by atoms with Crippen LogP contribution in [0.4, 0.5) is 5.69 Å². The number of nitrogens with two attached hydrogens (primary N) is 1. The zero-order valence-corrected chi connectivity index (χ0v) is 9.92. The molecule has 14 heavy (non-hydrogen) atoms. The molecule has 0 unspecified atom stereocenters. The lowest BCUT2D eigenvalue weighted by atomic mass is 10.0. The molecule has 0 spiro atoms. The Morgan fingerprint density at radius 1 is 1.50 bits per heavy atom. The molecule has 1 aromatic carbocycles. The second kappa shape index (κ2) is 3.91. The summed E-state index contributed by atoms with van der Waals surface area (Å²) in [5.74, 6) is 6.57. The molecular formula is C11H15BrN2. The number of alkyl halides is 1. The van der Waals surface area contributed by atoms with Crippen LogP contribution in [-0.4, -0.2) is 7.05 Å². The highest BCUT2D eigenvalue weighted by atomic mass is 79.9. The van der Waals surface area contributed by atoms with Gasteiger partial charge in [-0.2, -0.15) is 0 Å². The van der Waals surface area contributed by atoms with Crippen LogP contribution in [0.25, 0.3) is 0 Å². The first-order valence-corrected chi connectivity index (χ1v) is 6.02. The van der Waals surface area contributed by atoms with Crippen LogP contribution >= 0.6 is 15.9 Å². The van der Waals surface area contributed by atoms with Crippen molar-refractivity contribution in [3.63, 3.8) is 0 Å². The molecule has 1 aliphatic rings. The topological polar surface area (TPSA) is 29.3 Å². The van der Waals surface area contributed by atoms with Gasteiger partial charge in [0.2, 0.25) is 0 Å². The summed E-state index contributed by atoms with van der Waals surface area (Å²) in [4.78, 5) is 0. The number of hydrogen-bond acceptors (Lipinski definition) is 2. The molecule has 0 aromatic heterocycles. The Morgan fingerprint density at radius 3 is 2.71 bits per heavy atom. The highest BCUT2D eigenvalue weighted by Crippen LogP contribution is 2.43. The summed E-state index contributed by atoms with van der Waals surface area (Å²) in [6.45, 7) is 0. The number of benzene rings is 1. The zero-order chi connectivity index (χ0) is 10.1. The monoisotopic (exact) mass is 254 g/mol. The van der Waals surface area contributed by atoms with E-state index in [-0.39, 0.29) is 0 Å². The highest BCUT2D eigenvalue weighted by Gasteiger charge is 2.26. The van der Waals surface area contributed by atoms with Gasteiger partial charge in [0.05, 0.1) is 5.69 Å². The number of anilines is 1. The second-order valence-corrected chi connectivity index (χ2v) is 4.42. The van der Waals surface area contributed by atoms with Gasteiger partial charge in [-0.1, -0.05) is 28.1 Å². The summed E-state index contributed by atoms with van der Waals surface area (Å²) in [7, 11) is 1.89. The zero-order valence-electron chi connectivity index (χ0n) is 8.33. The van der Waals surface area contributed by atoms with Crippen molar-refractivity contribution in [2.75, 3.05) is 12.1 Å². The van der Waals surface area contributed by atoms with Gasteiger partial charge >= 0.3 is 0 Å². The number of halogens is 1. The van der Waals surface area contributed by atoms with Crippen molar-refractivity contribution >= 4 is 21.6 Å². The Labute approximate surface area is 93.2 Å². The van der Waals surface area contributed by atoms with Gasteiger partial charge in [-0.3, -0.25) is 0 Å². The number of hydrazine groups is 1. The van der Waals surface area contributed by atoms with Crippen molar-refractivity contribution in [3.8, 4) is 0 Å². The molecule has 3 heteroatoms. The van der Waals surface area contributed by atoms with E-state index in [4.69, 9.17) is 5.84 Å². The Hall–Kier alpha value is -0.540. The van der Waals surface area contributed by atoms with E-state index >= 15 is 0 Å². The molecule has 0 amide bonds. The molecule has 0 radical (unpaired) electrons. The summed E-state index contributed by atoms with van der Waals surface area (Å²) in [6.07, 6.45) is 2.66. The van der Waals surface area contributed by atoms with E-state index in [1.807, 2.05) is 7.05 Å². The first kappa shape index (κ1) is 9.99. The minimum atomic E-state index is 0.780. The smallest absolute Gasteiger partial charge is 0.0557 e. The molecule has 1 fully saturated rings. The maximum atomic E-state index is 5.79. The third kappa shape index (κ3) is 1.79. The van der Waals surface area contributed by atoms with Crippen molar-refractivity contribution in [1.29, 1.82) is 0 Å². The molecular weight excluding hydrogens is 240 g/mol. The molecule has 1 aromatic rings. The molecule has 2 rings (SSSR count). The Kier molecular flexibility index (Phi) is 2.79. The minimum Gasteiger partial charge on any atom is -0.314 e. The van der Waals surface area contributed by atoms with E-state index in [2.05, 4.69) is 34.1 Å². The molecule has 2 nitrogen and oxygen atoms in total. The van der Waals surface area contributed by atoms with Gasteiger partial charge in [-0.05, 0) is 36.0 Å². The van der Waals surface area contributed by atoms with E-state index in [0.29, 0.717) is 0 Å². The van der Waals surface area contributed by atoms with E-state index in [1.165, 1.54) is 24.0 Å². The lowest BCUT2D eigenvalue weighted by molar-refractivity contribution is 0.988. The van der Waals surface area contributed by atoms with Crippen molar-refractivity contribution in [2.45, 2.75) is 24.1 Å². The van der Waals surface area contributed by atoms with Crippen LogP contribution in [0.5, 0.6) is 0 Å². The molecule has 0 aliphatic heterocycles. The lowest BCUT2D eigenvalue weighted by Crippen LogP contribution is -2.26.